The maximum Gasteiger partial charge on any atom is 0.230 e. The van der Waals surface area contributed by atoms with E-state index in [1.165, 1.54) is 0 Å². The van der Waals surface area contributed by atoms with Gasteiger partial charge in [-0.15, -0.1) is 0 Å². The highest BCUT2D eigenvalue weighted by Gasteiger charge is 2.31. The fraction of sp³-hybridized carbons (Fsp3) is 0.500. The van der Waals surface area contributed by atoms with Crippen molar-refractivity contribution in [2.75, 3.05) is 11.9 Å². The molecule has 3 atom stereocenters. The highest BCUT2D eigenvalue weighted by Crippen LogP contribution is 2.26. The summed E-state index contributed by atoms with van der Waals surface area (Å²) in [5.74, 6) is -0.139. The maximum atomic E-state index is 12.1. The first-order valence-electron chi connectivity index (χ1n) is 6.29. The molecule has 1 aromatic rings. The van der Waals surface area contributed by atoms with Crippen LogP contribution in [0.1, 0.15) is 31.9 Å². The summed E-state index contributed by atoms with van der Waals surface area (Å²) in [4.78, 5) is 12.1. The largest absolute Gasteiger partial charge is 0.389 e. The third-order valence-corrected chi connectivity index (χ3v) is 3.38. The van der Waals surface area contributed by atoms with Crippen molar-refractivity contribution < 1.29 is 14.6 Å². The number of carbonyl (C=O) groups excluding carboxylic acids is 1. The molecule has 4 nitrogen and oxygen atoms in total. The van der Waals surface area contributed by atoms with Crippen LogP contribution in [-0.4, -0.2) is 23.7 Å². The van der Waals surface area contributed by atoms with Crippen molar-refractivity contribution >= 4 is 11.6 Å². The van der Waals surface area contributed by atoms with Crippen molar-refractivity contribution in [3.05, 3.63) is 29.8 Å². The normalized spacial score (nSPS) is 24.8. The summed E-state index contributed by atoms with van der Waals surface area (Å²) in [6.07, 6.45) is 0.117. The molecule has 1 amide bonds. The average Bonchev–Trinajstić information content (AvgIpc) is 2.76. The van der Waals surface area contributed by atoms with Crippen LogP contribution in [0.4, 0.5) is 5.69 Å². The van der Waals surface area contributed by atoms with Crippen molar-refractivity contribution in [1.82, 2.24) is 0 Å². The van der Waals surface area contributed by atoms with Crippen LogP contribution in [0, 0.1) is 5.92 Å². The Morgan fingerprint density at radius 1 is 1.50 bits per heavy atom. The van der Waals surface area contributed by atoms with E-state index in [0.717, 1.165) is 12.0 Å². The summed E-state index contributed by atoms with van der Waals surface area (Å²) in [5.41, 5.74) is 1.41. The molecule has 2 N–H and O–H groups in total. The Morgan fingerprint density at radius 3 is 2.83 bits per heavy atom. The number of hydrogen-bond acceptors (Lipinski definition) is 3. The lowest BCUT2D eigenvalue weighted by Gasteiger charge is -2.17. The molecule has 4 heteroatoms. The molecule has 0 radical (unpaired) electrons. The summed E-state index contributed by atoms with van der Waals surface area (Å²) in [6, 6.07) is 7.31. The Balaban J connectivity index is 2.11. The van der Waals surface area contributed by atoms with Gasteiger partial charge in [0.25, 0.3) is 0 Å². The molecule has 1 aliphatic rings. The van der Waals surface area contributed by atoms with Gasteiger partial charge in [-0.25, -0.2) is 0 Å². The molecule has 2 rings (SSSR count). The summed E-state index contributed by atoms with van der Waals surface area (Å²) >= 11 is 0. The van der Waals surface area contributed by atoms with Crippen molar-refractivity contribution in [2.24, 2.45) is 5.92 Å². The summed E-state index contributed by atoms with van der Waals surface area (Å²) < 4.78 is 5.39. The van der Waals surface area contributed by atoms with Crippen LogP contribution in [0.2, 0.25) is 0 Å². The highest BCUT2D eigenvalue weighted by molar-refractivity contribution is 5.93. The zero-order valence-corrected chi connectivity index (χ0v) is 10.7. The van der Waals surface area contributed by atoms with Crippen molar-refractivity contribution in [1.29, 1.82) is 0 Å². The Bertz CT molecular complexity index is 431. The Hall–Kier alpha value is -1.39. The number of ether oxygens (including phenoxy) is 1. The Morgan fingerprint density at radius 2 is 2.22 bits per heavy atom. The standard InChI is InChI=1S/C14H19NO3/c1-9(16)11-5-3-4-6-13(11)15-14(17)12-7-8-18-10(12)2/h3-6,9-10,12,16H,7-8H2,1-2H3,(H,15,17). The Labute approximate surface area is 107 Å². The van der Waals surface area contributed by atoms with Gasteiger partial charge >= 0.3 is 0 Å². The molecule has 1 aliphatic heterocycles. The molecule has 0 aliphatic carbocycles. The molecule has 0 saturated carbocycles. The van der Waals surface area contributed by atoms with Crippen LogP contribution in [0.25, 0.3) is 0 Å². The maximum absolute atomic E-state index is 12.1. The molecule has 1 fully saturated rings. The van der Waals surface area contributed by atoms with Gasteiger partial charge in [-0.2, -0.15) is 0 Å². The monoisotopic (exact) mass is 249 g/mol. The summed E-state index contributed by atoms with van der Waals surface area (Å²) in [5, 5.41) is 12.5. The smallest absolute Gasteiger partial charge is 0.230 e. The first kappa shape index (κ1) is 13.1. The molecule has 1 aromatic carbocycles. The number of aliphatic hydroxyl groups is 1. The van der Waals surface area contributed by atoms with E-state index >= 15 is 0 Å². The number of aliphatic hydroxyl groups excluding tert-OH is 1. The third kappa shape index (κ3) is 2.71. The van der Waals surface area contributed by atoms with Gasteiger partial charge in [0, 0.05) is 17.9 Å². The van der Waals surface area contributed by atoms with E-state index in [1.54, 1.807) is 13.0 Å². The molecule has 1 saturated heterocycles. The number of benzene rings is 1. The molecule has 1 heterocycles. The predicted molar refractivity (Wildman–Crippen MR) is 69.2 cm³/mol. The summed E-state index contributed by atoms with van der Waals surface area (Å²) in [7, 11) is 0. The zero-order chi connectivity index (χ0) is 13.1. The number of hydrogen-bond donors (Lipinski definition) is 2. The minimum Gasteiger partial charge on any atom is -0.389 e. The number of para-hydroxylation sites is 1. The van der Waals surface area contributed by atoms with E-state index < -0.39 is 6.10 Å². The van der Waals surface area contributed by atoms with Crippen molar-refractivity contribution in [2.45, 2.75) is 32.5 Å². The lowest BCUT2D eigenvalue weighted by atomic mass is 10.0. The molecule has 0 aromatic heterocycles. The second-order valence-electron chi connectivity index (χ2n) is 4.72. The van der Waals surface area contributed by atoms with Gasteiger partial charge in [-0.3, -0.25) is 4.79 Å². The van der Waals surface area contributed by atoms with Gasteiger partial charge in [0.1, 0.15) is 0 Å². The van der Waals surface area contributed by atoms with Crippen LogP contribution in [0.15, 0.2) is 24.3 Å². The highest BCUT2D eigenvalue weighted by atomic mass is 16.5. The van der Waals surface area contributed by atoms with Crippen LogP contribution in [0.3, 0.4) is 0 Å². The third-order valence-electron chi connectivity index (χ3n) is 3.38. The molecule has 98 valence electrons. The van der Waals surface area contributed by atoms with Crippen molar-refractivity contribution in [3.63, 3.8) is 0 Å². The molecule has 0 bridgehead atoms. The minimum atomic E-state index is -0.598. The quantitative estimate of drug-likeness (QED) is 0.862. The average molecular weight is 249 g/mol. The van der Waals surface area contributed by atoms with Crippen molar-refractivity contribution in [3.8, 4) is 0 Å². The van der Waals surface area contributed by atoms with Gasteiger partial charge in [-0.1, -0.05) is 18.2 Å². The summed E-state index contributed by atoms with van der Waals surface area (Å²) in [6.45, 7) is 4.24. The van der Waals surface area contributed by atoms with E-state index in [9.17, 15) is 9.90 Å². The number of anilines is 1. The first-order valence-corrected chi connectivity index (χ1v) is 6.29. The molecular weight excluding hydrogens is 230 g/mol. The lowest BCUT2D eigenvalue weighted by molar-refractivity contribution is -0.121. The van der Waals surface area contributed by atoms with Crippen LogP contribution in [-0.2, 0) is 9.53 Å². The van der Waals surface area contributed by atoms with E-state index in [4.69, 9.17) is 4.74 Å². The van der Waals surface area contributed by atoms with Gasteiger partial charge in [0.05, 0.1) is 18.1 Å². The van der Waals surface area contributed by atoms with E-state index in [1.807, 2.05) is 25.1 Å². The van der Waals surface area contributed by atoms with Crippen LogP contribution < -0.4 is 5.32 Å². The number of amides is 1. The number of nitrogens with one attached hydrogen (secondary N) is 1. The van der Waals surface area contributed by atoms with Gasteiger partial charge < -0.3 is 15.2 Å². The second kappa shape index (κ2) is 5.50. The Kier molecular flexibility index (Phi) is 3.99. The topological polar surface area (TPSA) is 58.6 Å². The van der Waals surface area contributed by atoms with Crippen LogP contribution >= 0.6 is 0 Å². The van der Waals surface area contributed by atoms with E-state index in [2.05, 4.69) is 5.32 Å². The van der Waals surface area contributed by atoms with Gasteiger partial charge in [0.2, 0.25) is 5.91 Å². The first-order chi connectivity index (χ1) is 8.59. The lowest BCUT2D eigenvalue weighted by Crippen LogP contribution is -2.28. The molecular formula is C14H19NO3. The number of rotatable bonds is 3. The van der Waals surface area contributed by atoms with Gasteiger partial charge in [0.15, 0.2) is 0 Å². The molecule has 3 unspecified atom stereocenters. The fourth-order valence-electron chi connectivity index (χ4n) is 2.28. The van der Waals surface area contributed by atoms with E-state index in [0.29, 0.717) is 12.3 Å². The zero-order valence-electron chi connectivity index (χ0n) is 10.7. The minimum absolute atomic E-state index is 0.0342. The second-order valence-corrected chi connectivity index (χ2v) is 4.72. The fourth-order valence-corrected chi connectivity index (χ4v) is 2.28. The van der Waals surface area contributed by atoms with Crippen LogP contribution in [0.5, 0.6) is 0 Å². The predicted octanol–water partition coefficient (Wildman–Crippen LogP) is 2.10. The van der Waals surface area contributed by atoms with Gasteiger partial charge in [-0.05, 0) is 26.3 Å². The van der Waals surface area contributed by atoms with E-state index in [-0.39, 0.29) is 17.9 Å². The number of carbonyl (C=O) groups is 1. The SMILES string of the molecule is CC(O)c1ccccc1NC(=O)C1CCOC1C. The molecule has 18 heavy (non-hydrogen) atoms. The molecule has 0 spiro atoms.